The second kappa shape index (κ2) is 5.52. The number of rotatable bonds is 2. The Balaban J connectivity index is 1.79. The largest absolute Gasteiger partial charge is 0.334 e. The highest BCUT2D eigenvalue weighted by molar-refractivity contribution is 5.94. The number of carbonyl (C=O) groups excluding carboxylic acids is 1. The lowest BCUT2D eigenvalue weighted by Gasteiger charge is -2.29. The maximum Gasteiger partial charge on any atom is 0.254 e. The van der Waals surface area contributed by atoms with Crippen LogP contribution in [0.4, 0.5) is 4.39 Å². The van der Waals surface area contributed by atoms with Crippen LogP contribution in [0.25, 0.3) is 0 Å². The first-order valence-corrected chi connectivity index (χ1v) is 7.47. The van der Waals surface area contributed by atoms with Gasteiger partial charge in [0.05, 0.1) is 0 Å². The van der Waals surface area contributed by atoms with E-state index in [1.807, 2.05) is 4.90 Å². The van der Waals surface area contributed by atoms with Crippen molar-refractivity contribution in [1.29, 1.82) is 0 Å². The van der Waals surface area contributed by atoms with Crippen molar-refractivity contribution in [3.63, 3.8) is 0 Å². The van der Waals surface area contributed by atoms with E-state index >= 15 is 0 Å². The van der Waals surface area contributed by atoms with Gasteiger partial charge in [0.25, 0.3) is 5.91 Å². The number of hydrogen-bond donors (Lipinski definition) is 1. The molecular formula is C16H21FN2O. The van der Waals surface area contributed by atoms with Crippen molar-refractivity contribution < 1.29 is 9.18 Å². The van der Waals surface area contributed by atoms with Crippen LogP contribution in [0.3, 0.4) is 0 Å². The summed E-state index contributed by atoms with van der Waals surface area (Å²) < 4.78 is 13.6. The van der Waals surface area contributed by atoms with E-state index < -0.39 is 0 Å². The molecule has 108 valence electrons. The Labute approximate surface area is 119 Å². The molecule has 2 aliphatic heterocycles. The summed E-state index contributed by atoms with van der Waals surface area (Å²) in [5.74, 6) is -0.328. The van der Waals surface area contributed by atoms with E-state index in [1.54, 1.807) is 19.1 Å². The van der Waals surface area contributed by atoms with E-state index in [2.05, 4.69) is 5.32 Å². The van der Waals surface area contributed by atoms with E-state index in [4.69, 9.17) is 0 Å². The molecule has 4 heteroatoms. The number of likely N-dealkylation sites (tertiary alicyclic amines) is 1. The standard InChI is InChI=1S/C16H21FN2O/c1-11-6-7-12(10-13(11)17)16(20)19-9-3-5-15(19)14-4-2-8-18-14/h6-7,10,14-15,18H,2-5,8-9H2,1H3. The van der Waals surface area contributed by atoms with Crippen molar-refractivity contribution in [1.82, 2.24) is 10.2 Å². The minimum atomic E-state index is -0.300. The van der Waals surface area contributed by atoms with Crippen molar-refractivity contribution in [3.8, 4) is 0 Å². The minimum absolute atomic E-state index is 0.0277. The molecule has 0 bridgehead atoms. The molecule has 20 heavy (non-hydrogen) atoms. The zero-order chi connectivity index (χ0) is 14.1. The summed E-state index contributed by atoms with van der Waals surface area (Å²) in [4.78, 5) is 14.5. The van der Waals surface area contributed by atoms with Gasteiger partial charge in [-0.25, -0.2) is 4.39 Å². The molecule has 2 fully saturated rings. The molecular weight excluding hydrogens is 255 g/mol. The van der Waals surface area contributed by atoms with Gasteiger partial charge in [-0.3, -0.25) is 4.79 Å². The Bertz CT molecular complexity index is 511. The third-order valence-corrected chi connectivity index (χ3v) is 4.54. The maximum absolute atomic E-state index is 13.6. The number of amides is 1. The highest BCUT2D eigenvalue weighted by Crippen LogP contribution is 2.26. The van der Waals surface area contributed by atoms with Crippen molar-refractivity contribution >= 4 is 5.91 Å². The topological polar surface area (TPSA) is 32.3 Å². The maximum atomic E-state index is 13.6. The number of carbonyl (C=O) groups is 1. The first-order chi connectivity index (χ1) is 9.66. The molecule has 0 spiro atoms. The van der Waals surface area contributed by atoms with Gasteiger partial charge in [0, 0.05) is 24.2 Å². The molecule has 1 amide bonds. The van der Waals surface area contributed by atoms with Gasteiger partial charge in [-0.15, -0.1) is 0 Å². The molecule has 0 aromatic heterocycles. The Kier molecular flexibility index (Phi) is 3.74. The molecule has 0 aliphatic carbocycles. The van der Waals surface area contributed by atoms with E-state index in [0.29, 0.717) is 17.2 Å². The van der Waals surface area contributed by atoms with Crippen LogP contribution in [0, 0.1) is 12.7 Å². The Morgan fingerprint density at radius 1 is 1.35 bits per heavy atom. The van der Waals surface area contributed by atoms with Gasteiger partial charge in [0.1, 0.15) is 5.82 Å². The highest BCUT2D eigenvalue weighted by atomic mass is 19.1. The summed E-state index contributed by atoms with van der Waals surface area (Å²) in [7, 11) is 0. The molecule has 2 heterocycles. The molecule has 0 radical (unpaired) electrons. The third kappa shape index (κ3) is 2.44. The average molecular weight is 276 g/mol. The van der Waals surface area contributed by atoms with Gasteiger partial charge in [-0.1, -0.05) is 6.07 Å². The highest BCUT2D eigenvalue weighted by Gasteiger charge is 2.36. The van der Waals surface area contributed by atoms with E-state index in [0.717, 1.165) is 32.4 Å². The summed E-state index contributed by atoms with van der Waals surface area (Å²) >= 11 is 0. The van der Waals surface area contributed by atoms with Crippen molar-refractivity contribution in [2.75, 3.05) is 13.1 Å². The molecule has 2 aliphatic rings. The molecule has 2 unspecified atom stereocenters. The fourth-order valence-corrected chi connectivity index (χ4v) is 3.39. The van der Waals surface area contributed by atoms with Gasteiger partial charge < -0.3 is 10.2 Å². The normalized spacial score (nSPS) is 26.2. The minimum Gasteiger partial charge on any atom is -0.334 e. The van der Waals surface area contributed by atoms with Crippen molar-refractivity contribution in [2.24, 2.45) is 0 Å². The Morgan fingerprint density at radius 3 is 2.90 bits per heavy atom. The quantitative estimate of drug-likeness (QED) is 0.900. The second-order valence-electron chi connectivity index (χ2n) is 5.87. The van der Waals surface area contributed by atoms with E-state index in [-0.39, 0.29) is 17.8 Å². The summed E-state index contributed by atoms with van der Waals surface area (Å²) in [6.07, 6.45) is 4.42. The van der Waals surface area contributed by atoms with Gasteiger partial charge >= 0.3 is 0 Å². The SMILES string of the molecule is Cc1ccc(C(=O)N2CCCC2C2CCCN2)cc1F. The first kappa shape index (κ1) is 13.6. The van der Waals surface area contributed by atoms with Crippen LogP contribution < -0.4 is 5.32 Å². The molecule has 2 atom stereocenters. The van der Waals surface area contributed by atoms with Crippen LogP contribution in [0.1, 0.15) is 41.6 Å². The molecule has 0 saturated carbocycles. The monoisotopic (exact) mass is 276 g/mol. The zero-order valence-corrected chi connectivity index (χ0v) is 11.9. The zero-order valence-electron chi connectivity index (χ0n) is 11.9. The molecule has 3 rings (SSSR count). The molecule has 1 N–H and O–H groups in total. The van der Waals surface area contributed by atoms with Crippen LogP contribution in [0.5, 0.6) is 0 Å². The predicted octanol–water partition coefficient (Wildman–Crippen LogP) is 2.49. The number of halogens is 1. The van der Waals surface area contributed by atoms with Gasteiger partial charge in [-0.2, -0.15) is 0 Å². The molecule has 2 saturated heterocycles. The van der Waals surface area contributed by atoms with E-state index in [9.17, 15) is 9.18 Å². The van der Waals surface area contributed by atoms with Crippen LogP contribution in [-0.4, -0.2) is 36.0 Å². The van der Waals surface area contributed by atoms with Gasteiger partial charge in [0.15, 0.2) is 0 Å². The van der Waals surface area contributed by atoms with Gasteiger partial charge in [0.2, 0.25) is 0 Å². The lowest BCUT2D eigenvalue weighted by atomic mass is 10.0. The molecule has 1 aromatic carbocycles. The Morgan fingerprint density at radius 2 is 2.20 bits per heavy atom. The fraction of sp³-hybridized carbons (Fsp3) is 0.562. The second-order valence-corrected chi connectivity index (χ2v) is 5.87. The number of aryl methyl sites for hydroxylation is 1. The first-order valence-electron chi connectivity index (χ1n) is 7.47. The number of hydrogen-bond acceptors (Lipinski definition) is 2. The van der Waals surface area contributed by atoms with Crippen LogP contribution in [0.2, 0.25) is 0 Å². The number of nitrogens with zero attached hydrogens (tertiary/aromatic N) is 1. The summed E-state index contributed by atoms with van der Waals surface area (Å²) in [6.45, 7) is 3.55. The van der Waals surface area contributed by atoms with Gasteiger partial charge in [-0.05, 0) is 56.8 Å². The van der Waals surface area contributed by atoms with Crippen molar-refractivity contribution in [2.45, 2.75) is 44.7 Å². The average Bonchev–Trinajstić information content (AvgIpc) is 3.10. The summed E-state index contributed by atoms with van der Waals surface area (Å²) in [5.41, 5.74) is 1.05. The summed E-state index contributed by atoms with van der Waals surface area (Å²) in [5, 5.41) is 3.49. The summed E-state index contributed by atoms with van der Waals surface area (Å²) in [6, 6.07) is 5.47. The van der Waals surface area contributed by atoms with Crippen molar-refractivity contribution in [3.05, 3.63) is 35.1 Å². The predicted molar refractivity (Wildman–Crippen MR) is 76.2 cm³/mol. The number of nitrogens with one attached hydrogen (secondary N) is 1. The third-order valence-electron chi connectivity index (χ3n) is 4.54. The van der Waals surface area contributed by atoms with Crippen LogP contribution >= 0.6 is 0 Å². The lowest BCUT2D eigenvalue weighted by molar-refractivity contribution is 0.0711. The fourth-order valence-electron chi connectivity index (χ4n) is 3.39. The smallest absolute Gasteiger partial charge is 0.254 e. The number of benzene rings is 1. The molecule has 3 nitrogen and oxygen atoms in total. The Hall–Kier alpha value is -1.42. The molecule has 1 aromatic rings. The lowest BCUT2D eigenvalue weighted by Crippen LogP contribution is -2.46. The van der Waals surface area contributed by atoms with Crippen LogP contribution in [-0.2, 0) is 0 Å². The van der Waals surface area contributed by atoms with E-state index in [1.165, 1.54) is 12.5 Å². The van der Waals surface area contributed by atoms with Crippen LogP contribution in [0.15, 0.2) is 18.2 Å².